The first-order valence-electron chi connectivity index (χ1n) is 12.2. The number of nitrogens with one attached hydrogen (secondary N) is 1. The van der Waals surface area contributed by atoms with Gasteiger partial charge in [0.05, 0.1) is 6.54 Å². The lowest BCUT2D eigenvalue weighted by Gasteiger charge is -2.43. The molecule has 1 aromatic rings. The Labute approximate surface area is 181 Å². The number of hydrogen-bond donors (Lipinski definition) is 1. The van der Waals surface area contributed by atoms with E-state index in [2.05, 4.69) is 32.1 Å². The van der Waals surface area contributed by atoms with E-state index >= 15 is 0 Å². The Morgan fingerprint density at radius 2 is 1.77 bits per heavy atom. The highest BCUT2D eigenvalue weighted by Gasteiger charge is 2.30. The molecule has 6 nitrogen and oxygen atoms in total. The zero-order chi connectivity index (χ0) is 20.3. The Bertz CT molecular complexity index is 735. The van der Waals surface area contributed by atoms with Gasteiger partial charge in [-0.05, 0) is 37.3 Å². The predicted molar refractivity (Wildman–Crippen MR) is 120 cm³/mol. The van der Waals surface area contributed by atoms with Gasteiger partial charge in [0, 0.05) is 63.5 Å². The van der Waals surface area contributed by atoms with E-state index in [0.717, 1.165) is 57.5 Å². The highest BCUT2D eigenvalue weighted by molar-refractivity contribution is 5.78. The fraction of sp³-hybridized carbons (Fsp3) is 0.750. The van der Waals surface area contributed by atoms with E-state index in [-0.39, 0.29) is 0 Å². The summed E-state index contributed by atoms with van der Waals surface area (Å²) < 4.78 is 0. The molecule has 1 aromatic heterocycles. The smallest absolute Gasteiger partial charge is 0.236 e. The van der Waals surface area contributed by atoms with Crippen LogP contribution in [0.15, 0.2) is 12.1 Å². The quantitative estimate of drug-likeness (QED) is 0.807. The first kappa shape index (κ1) is 20.3. The monoisotopic (exact) mass is 411 g/mol. The molecule has 1 saturated heterocycles. The number of nitrogens with zero attached hydrogens (tertiary/aromatic N) is 4. The molecule has 1 amide bonds. The molecule has 0 radical (unpaired) electrons. The molecule has 3 fully saturated rings. The first-order chi connectivity index (χ1) is 14.7. The molecule has 0 atom stereocenters. The van der Waals surface area contributed by atoms with E-state index in [9.17, 15) is 4.79 Å². The van der Waals surface area contributed by atoms with Crippen LogP contribution in [0.2, 0.25) is 0 Å². The van der Waals surface area contributed by atoms with Gasteiger partial charge in [0.1, 0.15) is 5.82 Å². The van der Waals surface area contributed by atoms with Crippen molar-refractivity contribution in [1.29, 1.82) is 0 Å². The van der Waals surface area contributed by atoms with Gasteiger partial charge in [-0.1, -0.05) is 31.7 Å². The number of rotatable bonds is 5. The van der Waals surface area contributed by atoms with Crippen molar-refractivity contribution in [2.24, 2.45) is 0 Å². The number of anilines is 1. The van der Waals surface area contributed by atoms with Crippen LogP contribution in [0.4, 0.5) is 5.82 Å². The molecule has 1 N–H and O–H groups in total. The number of fused-ring (bicyclic) bond motifs is 1. The molecule has 30 heavy (non-hydrogen) atoms. The molecule has 0 spiro atoms. The van der Waals surface area contributed by atoms with Crippen molar-refractivity contribution < 1.29 is 4.79 Å². The Morgan fingerprint density at radius 1 is 0.967 bits per heavy atom. The van der Waals surface area contributed by atoms with Crippen LogP contribution < -0.4 is 5.32 Å². The van der Waals surface area contributed by atoms with Gasteiger partial charge in [-0.15, -0.1) is 0 Å². The highest BCUT2D eigenvalue weighted by Crippen LogP contribution is 2.26. The summed E-state index contributed by atoms with van der Waals surface area (Å²) in [7, 11) is 0. The summed E-state index contributed by atoms with van der Waals surface area (Å²) in [5, 5.41) is 3.65. The lowest BCUT2D eigenvalue weighted by Crippen LogP contribution is -2.55. The summed E-state index contributed by atoms with van der Waals surface area (Å²) in [6, 6.07) is 5.75. The molecule has 2 aliphatic heterocycles. The second-order valence-electron chi connectivity index (χ2n) is 9.74. The third-order valence-electron chi connectivity index (χ3n) is 7.70. The third-order valence-corrected chi connectivity index (χ3v) is 7.70. The molecule has 0 bridgehead atoms. The average molecular weight is 412 g/mol. The molecule has 5 rings (SSSR count). The number of piperazine rings is 1. The Kier molecular flexibility index (Phi) is 6.23. The SMILES string of the molecule is O=C(CN1CCc2nc(NC3CCCCC3)ccc2C1)N1CCN(C2CCC2)CC1. The minimum atomic E-state index is 0.301. The van der Waals surface area contributed by atoms with Crippen molar-refractivity contribution >= 4 is 11.7 Å². The number of carbonyl (C=O) groups excluding carboxylic acids is 1. The van der Waals surface area contributed by atoms with Crippen molar-refractivity contribution in [3.8, 4) is 0 Å². The van der Waals surface area contributed by atoms with Crippen molar-refractivity contribution in [3.63, 3.8) is 0 Å². The van der Waals surface area contributed by atoms with Crippen molar-refractivity contribution in [2.45, 2.75) is 76.4 Å². The third kappa shape index (κ3) is 4.65. The second kappa shape index (κ2) is 9.23. The number of pyridine rings is 1. The van der Waals surface area contributed by atoms with E-state index < -0.39 is 0 Å². The Morgan fingerprint density at radius 3 is 2.50 bits per heavy atom. The summed E-state index contributed by atoms with van der Waals surface area (Å²) in [5.41, 5.74) is 2.51. The average Bonchev–Trinajstić information content (AvgIpc) is 2.74. The molecular formula is C24H37N5O. The lowest BCUT2D eigenvalue weighted by atomic mass is 9.91. The second-order valence-corrected chi connectivity index (χ2v) is 9.74. The van der Waals surface area contributed by atoms with Gasteiger partial charge in [-0.3, -0.25) is 14.6 Å². The number of hydrogen-bond acceptors (Lipinski definition) is 5. The first-order valence-corrected chi connectivity index (χ1v) is 12.2. The topological polar surface area (TPSA) is 51.7 Å². The van der Waals surface area contributed by atoms with E-state index in [0.29, 0.717) is 18.5 Å². The van der Waals surface area contributed by atoms with Crippen LogP contribution in [0.25, 0.3) is 0 Å². The minimum Gasteiger partial charge on any atom is -0.367 e. The maximum absolute atomic E-state index is 12.9. The van der Waals surface area contributed by atoms with Crippen LogP contribution in [-0.4, -0.2) is 76.9 Å². The van der Waals surface area contributed by atoms with Gasteiger partial charge in [-0.2, -0.15) is 0 Å². The molecule has 2 saturated carbocycles. The van der Waals surface area contributed by atoms with Crippen LogP contribution in [0.3, 0.4) is 0 Å². The number of carbonyl (C=O) groups is 1. The van der Waals surface area contributed by atoms with E-state index in [4.69, 9.17) is 4.98 Å². The van der Waals surface area contributed by atoms with Gasteiger partial charge in [0.15, 0.2) is 0 Å². The van der Waals surface area contributed by atoms with Crippen molar-refractivity contribution in [2.75, 3.05) is 44.6 Å². The predicted octanol–water partition coefficient (Wildman–Crippen LogP) is 2.88. The van der Waals surface area contributed by atoms with Crippen LogP contribution in [0, 0.1) is 0 Å². The molecule has 3 heterocycles. The molecule has 164 valence electrons. The maximum atomic E-state index is 12.9. The normalized spacial score (nSPS) is 24.3. The van der Waals surface area contributed by atoms with Crippen LogP contribution in [-0.2, 0) is 17.8 Å². The summed E-state index contributed by atoms with van der Waals surface area (Å²) in [6.07, 6.45) is 11.6. The van der Waals surface area contributed by atoms with Crippen LogP contribution in [0.1, 0.15) is 62.6 Å². The maximum Gasteiger partial charge on any atom is 0.236 e. The number of aromatic nitrogens is 1. The van der Waals surface area contributed by atoms with Crippen LogP contribution >= 0.6 is 0 Å². The summed E-state index contributed by atoms with van der Waals surface area (Å²) in [5.74, 6) is 1.34. The Balaban J connectivity index is 1.11. The zero-order valence-corrected chi connectivity index (χ0v) is 18.3. The largest absolute Gasteiger partial charge is 0.367 e. The zero-order valence-electron chi connectivity index (χ0n) is 18.3. The van der Waals surface area contributed by atoms with Gasteiger partial charge in [-0.25, -0.2) is 4.98 Å². The van der Waals surface area contributed by atoms with E-state index in [1.54, 1.807) is 0 Å². The number of amides is 1. The van der Waals surface area contributed by atoms with Gasteiger partial charge in [0.2, 0.25) is 5.91 Å². The standard InChI is InChI=1S/C24H37N5O/c30-24(29-15-13-28(14-16-29)21-7-4-8-21)18-27-12-11-22-19(17-27)9-10-23(26-22)25-20-5-2-1-3-6-20/h9-10,20-21H,1-8,11-18H2,(H,25,26). The summed E-state index contributed by atoms with van der Waals surface area (Å²) in [6.45, 7) is 6.24. The molecule has 6 heteroatoms. The molecule has 2 aliphatic carbocycles. The Hall–Kier alpha value is -1.66. The minimum absolute atomic E-state index is 0.301. The van der Waals surface area contributed by atoms with Crippen molar-refractivity contribution in [3.05, 3.63) is 23.4 Å². The highest BCUT2D eigenvalue weighted by atomic mass is 16.2. The summed E-state index contributed by atoms with van der Waals surface area (Å²) in [4.78, 5) is 24.7. The van der Waals surface area contributed by atoms with Gasteiger partial charge < -0.3 is 10.2 Å². The van der Waals surface area contributed by atoms with Gasteiger partial charge >= 0.3 is 0 Å². The molecule has 4 aliphatic rings. The van der Waals surface area contributed by atoms with Crippen molar-refractivity contribution in [1.82, 2.24) is 19.7 Å². The fourth-order valence-electron chi connectivity index (χ4n) is 5.53. The molecule has 0 unspecified atom stereocenters. The summed E-state index contributed by atoms with van der Waals surface area (Å²) >= 11 is 0. The van der Waals surface area contributed by atoms with Crippen LogP contribution in [0.5, 0.6) is 0 Å². The molecule has 0 aromatic carbocycles. The molecular weight excluding hydrogens is 374 g/mol. The fourth-order valence-corrected chi connectivity index (χ4v) is 5.53. The van der Waals surface area contributed by atoms with Gasteiger partial charge in [0.25, 0.3) is 0 Å². The van der Waals surface area contributed by atoms with E-state index in [1.165, 1.54) is 62.6 Å². The lowest BCUT2D eigenvalue weighted by molar-refractivity contribution is -0.135. The van der Waals surface area contributed by atoms with E-state index in [1.807, 2.05) is 0 Å².